The molecule has 1 N–H and O–H groups in total. The van der Waals surface area contributed by atoms with Crippen LogP contribution in [0.4, 0.5) is 5.82 Å². The highest BCUT2D eigenvalue weighted by Gasteiger charge is 2.17. The topological polar surface area (TPSA) is 48.5 Å². The fourth-order valence-corrected chi connectivity index (χ4v) is 1.82. The van der Waals surface area contributed by atoms with Crippen LogP contribution in [-0.4, -0.2) is 62.0 Å². The third-order valence-corrected chi connectivity index (χ3v) is 3.06. The molecule has 0 unspecified atom stereocenters. The maximum absolute atomic E-state index is 12.2. The van der Waals surface area contributed by atoms with Crippen molar-refractivity contribution in [3.8, 4) is 0 Å². The van der Waals surface area contributed by atoms with Gasteiger partial charge in [-0.3, -0.25) is 4.79 Å². The lowest BCUT2D eigenvalue weighted by Crippen LogP contribution is -2.30. The Bertz CT molecular complexity index is 437. The number of carbonyl (C=O) groups excluding carboxylic acids is 1. The van der Waals surface area contributed by atoms with Crippen molar-refractivity contribution in [3.63, 3.8) is 0 Å². The molecule has 1 aromatic heterocycles. The summed E-state index contributed by atoms with van der Waals surface area (Å²) in [6, 6.07) is 3.42. The molecule has 6 heteroatoms. The van der Waals surface area contributed by atoms with Gasteiger partial charge in [-0.05, 0) is 39.2 Å². The Morgan fingerprint density at radius 2 is 2.00 bits per heavy atom. The van der Waals surface area contributed by atoms with Crippen LogP contribution in [0.1, 0.15) is 16.9 Å². The molecule has 1 heterocycles. The van der Waals surface area contributed by atoms with Crippen LogP contribution in [0.25, 0.3) is 0 Å². The van der Waals surface area contributed by atoms with E-state index in [0.717, 1.165) is 13.0 Å². The Kier molecular flexibility index (Phi) is 6.05. The Morgan fingerprint density at radius 3 is 2.58 bits per heavy atom. The van der Waals surface area contributed by atoms with Crippen LogP contribution in [-0.2, 0) is 0 Å². The summed E-state index contributed by atoms with van der Waals surface area (Å²) >= 11 is 6.03. The van der Waals surface area contributed by atoms with Crippen LogP contribution < -0.4 is 5.32 Å². The SMILES string of the molecule is CNc1ccc(Cl)c(C(=O)N(C)CCCN(C)C)n1. The maximum Gasteiger partial charge on any atom is 0.273 e. The molecule has 0 saturated heterocycles. The molecule has 0 aliphatic heterocycles. The van der Waals surface area contributed by atoms with Crippen molar-refractivity contribution in [2.24, 2.45) is 0 Å². The zero-order valence-electron chi connectivity index (χ0n) is 11.9. The molecule has 0 radical (unpaired) electrons. The van der Waals surface area contributed by atoms with Crippen molar-refractivity contribution in [3.05, 3.63) is 22.8 Å². The van der Waals surface area contributed by atoms with Crippen LogP contribution in [0, 0.1) is 0 Å². The summed E-state index contributed by atoms with van der Waals surface area (Å²) in [7, 11) is 7.54. The number of anilines is 1. The van der Waals surface area contributed by atoms with Gasteiger partial charge in [0, 0.05) is 20.6 Å². The fourth-order valence-electron chi connectivity index (χ4n) is 1.64. The van der Waals surface area contributed by atoms with Gasteiger partial charge in [0.25, 0.3) is 5.91 Å². The van der Waals surface area contributed by atoms with E-state index in [1.165, 1.54) is 0 Å². The minimum atomic E-state index is -0.152. The van der Waals surface area contributed by atoms with Crippen LogP contribution >= 0.6 is 11.6 Å². The van der Waals surface area contributed by atoms with Crippen molar-refractivity contribution in [1.29, 1.82) is 0 Å². The zero-order chi connectivity index (χ0) is 14.4. The molecular formula is C13H21ClN4O. The van der Waals surface area contributed by atoms with Crippen molar-refractivity contribution in [2.45, 2.75) is 6.42 Å². The molecule has 5 nitrogen and oxygen atoms in total. The summed E-state index contributed by atoms with van der Waals surface area (Å²) in [5, 5.41) is 3.28. The standard InChI is InChI=1S/C13H21ClN4O/c1-15-11-7-6-10(14)12(16-11)13(19)18(4)9-5-8-17(2)3/h6-7H,5,8-9H2,1-4H3,(H,15,16). The van der Waals surface area contributed by atoms with Gasteiger partial charge in [-0.15, -0.1) is 0 Å². The lowest BCUT2D eigenvalue weighted by atomic mass is 10.3. The average Bonchev–Trinajstić information content (AvgIpc) is 2.38. The largest absolute Gasteiger partial charge is 0.373 e. The fraction of sp³-hybridized carbons (Fsp3) is 0.538. The van der Waals surface area contributed by atoms with Crippen LogP contribution in [0.15, 0.2) is 12.1 Å². The predicted molar refractivity (Wildman–Crippen MR) is 78.9 cm³/mol. The van der Waals surface area contributed by atoms with Gasteiger partial charge in [0.05, 0.1) is 5.02 Å². The number of halogens is 1. The summed E-state index contributed by atoms with van der Waals surface area (Å²) < 4.78 is 0. The lowest BCUT2D eigenvalue weighted by Gasteiger charge is -2.19. The van der Waals surface area contributed by atoms with E-state index in [9.17, 15) is 4.79 Å². The Balaban J connectivity index is 2.70. The molecular weight excluding hydrogens is 264 g/mol. The Hall–Kier alpha value is -1.33. The minimum absolute atomic E-state index is 0.152. The van der Waals surface area contributed by atoms with Gasteiger partial charge in [-0.2, -0.15) is 0 Å². The van der Waals surface area contributed by atoms with Gasteiger partial charge in [0.15, 0.2) is 0 Å². The molecule has 1 amide bonds. The van der Waals surface area contributed by atoms with E-state index < -0.39 is 0 Å². The smallest absolute Gasteiger partial charge is 0.273 e. The molecule has 0 aliphatic rings. The number of pyridine rings is 1. The normalized spacial score (nSPS) is 10.6. The number of nitrogens with zero attached hydrogens (tertiary/aromatic N) is 3. The van der Waals surface area contributed by atoms with Gasteiger partial charge in [0.1, 0.15) is 11.5 Å². The minimum Gasteiger partial charge on any atom is -0.373 e. The van der Waals surface area contributed by atoms with Gasteiger partial charge >= 0.3 is 0 Å². The summed E-state index contributed by atoms with van der Waals surface area (Å²) in [6.45, 7) is 1.62. The first-order valence-electron chi connectivity index (χ1n) is 6.20. The quantitative estimate of drug-likeness (QED) is 0.865. The van der Waals surface area contributed by atoms with Crippen molar-refractivity contribution >= 4 is 23.3 Å². The summed E-state index contributed by atoms with van der Waals surface area (Å²) in [5.41, 5.74) is 0.292. The van der Waals surface area contributed by atoms with Gasteiger partial charge in [-0.25, -0.2) is 4.98 Å². The molecule has 1 rings (SSSR count). The molecule has 0 fully saturated rings. The average molecular weight is 285 g/mol. The van der Waals surface area contributed by atoms with Gasteiger partial charge in [-0.1, -0.05) is 11.6 Å². The Labute approximate surface area is 119 Å². The Morgan fingerprint density at radius 1 is 1.32 bits per heavy atom. The molecule has 0 saturated carbocycles. The van der Waals surface area contributed by atoms with Crippen LogP contribution in [0.2, 0.25) is 5.02 Å². The first kappa shape index (κ1) is 15.7. The van der Waals surface area contributed by atoms with Crippen molar-refractivity contribution in [2.75, 3.05) is 46.6 Å². The van der Waals surface area contributed by atoms with E-state index in [-0.39, 0.29) is 5.91 Å². The van der Waals surface area contributed by atoms with Gasteiger partial charge in [0.2, 0.25) is 0 Å². The molecule has 0 aliphatic carbocycles. The highest BCUT2D eigenvalue weighted by Crippen LogP contribution is 2.18. The van der Waals surface area contributed by atoms with Crippen LogP contribution in [0.3, 0.4) is 0 Å². The number of nitrogens with one attached hydrogen (secondary N) is 1. The number of carbonyl (C=O) groups is 1. The third kappa shape index (κ3) is 4.69. The van der Waals surface area contributed by atoms with Crippen LogP contribution in [0.5, 0.6) is 0 Å². The lowest BCUT2D eigenvalue weighted by molar-refractivity contribution is 0.0785. The number of aromatic nitrogens is 1. The monoisotopic (exact) mass is 284 g/mol. The third-order valence-electron chi connectivity index (χ3n) is 2.75. The van der Waals surface area contributed by atoms with E-state index in [0.29, 0.717) is 23.1 Å². The van der Waals surface area contributed by atoms with Gasteiger partial charge < -0.3 is 15.1 Å². The molecule has 19 heavy (non-hydrogen) atoms. The molecule has 0 bridgehead atoms. The predicted octanol–water partition coefficient (Wildman–Crippen LogP) is 1.80. The number of hydrogen-bond donors (Lipinski definition) is 1. The first-order chi connectivity index (χ1) is 8.95. The molecule has 0 spiro atoms. The second-order valence-corrected chi connectivity index (χ2v) is 5.07. The second-order valence-electron chi connectivity index (χ2n) is 4.66. The van der Waals surface area contributed by atoms with E-state index in [2.05, 4.69) is 15.2 Å². The summed E-state index contributed by atoms with van der Waals surface area (Å²) in [6.07, 6.45) is 0.915. The zero-order valence-corrected chi connectivity index (χ0v) is 12.7. The van der Waals surface area contributed by atoms with E-state index >= 15 is 0 Å². The van der Waals surface area contributed by atoms with E-state index in [1.807, 2.05) is 14.1 Å². The maximum atomic E-state index is 12.2. The van der Waals surface area contributed by atoms with Crippen molar-refractivity contribution in [1.82, 2.24) is 14.8 Å². The second kappa shape index (κ2) is 7.31. The van der Waals surface area contributed by atoms with Crippen molar-refractivity contribution < 1.29 is 4.79 Å². The molecule has 0 aromatic carbocycles. The summed E-state index contributed by atoms with van der Waals surface area (Å²) in [4.78, 5) is 20.2. The summed E-state index contributed by atoms with van der Waals surface area (Å²) in [5.74, 6) is 0.482. The molecule has 1 aromatic rings. The molecule has 106 valence electrons. The number of rotatable bonds is 6. The highest BCUT2D eigenvalue weighted by molar-refractivity contribution is 6.33. The van der Waals surface area contributed by atoms with E-state index in [4.69, 9.17) is 11.6 Å². The molecule has 0 atom stereocenters. The van der Waals surface area contributed by atoms with E-state index in [1.54, 1.807) is 31.1 Å². The number of amides is 1. The number of hydrogen-bond acceptors (Lipinski definition) is 4. The highest BCUT2D eigenvalue weighted by atomic mass is 35.5. The first-order valence-corrected chi connectivity index (χ1v) is 6.58.